The van der Waals surface area contributed by atoms with E-state index in [1.807, 2.05) is 0 Å². The van der Waals surface area contributed by atoms with Gasteiger partial charge in [-0.05, 0) is 72.6 Å². The molecule has 0 radical (unpaired) electrons. The normalized spacial score (nSPS) is 28.0. The minimum Gasteiger partial charge on any atom is -0.389 e. The number of aliphatic hydroxyl groups excluding tert-OH is 1. The summed E-state index contributed by atoms with van der Waals surface area (Å²) in [7, 11) is 0. The summed E-state index contributed by atoms with van der Waals surface area (Å²) in [4.78, 5) is 2.46. The smallest absolute Gasteiger partial charge is 0.128 e. The van der Waals surface area contributed by atoms with Crippen LogP contribution in [0.5, 0.6) is 0 Å². The van der Waals surface area contributed by atoms with E-state index in [9.17, 15) is 5.11 Å². The van der Waals surface area contributed by atoms with Gasteiger partial charge in [0.15, 0.2) is 0 Å². The van der Waals surface area contributed by atoms with Crippen LogP contribution in [0.1, 0.15) is 79.1 Å². The van der Waals surface area contributed by atoms with Gasteiger partial charge >= 0.3 is 0 Å². The Labute approximate surface area is 142 Å². The molecule has 1 aliphatic carbocycles. The molecule has 2 fully saturated rings. The summed E-state index contributed by atoms with van der Waals surface area (Å²) in [6.07, 6.45) is 14.2. The molecule has 0 spiro atoms. The Bertz CT molecular complexity index is 413. The summed E-state index contributed by atoms with van der Waals surface area (Å²) < 4.78 is 6.05. The first-order valence-corrected chi connectivity index (χ1v) is 9.28. The zero-order chi connectivity index (χ0) is 17.1. The molecule has 1 aliphatic heterocycles. The Hall–Kier alpha value is -0.560. The molecule has 3 heteroatoms. The van der Waals surface area contributed by atoms with E-state index in [-0.39, 0.29) is 11.1 Å². The summed E-state index contributed by atoms with van der Waals surface area (Å²) in [5, 5.41) is 10.6. The summed E-state index contributed by atoms with van der Waals surface area (Å²) in [5.74, 6) is 2.86. The first-order valence-electron chi connectivity index (χ1n) is 9.28. The number of aliphatic hydroxyl groups is 1. The van der Waals surface area contributed by atoms with Crippen molar-refractivity contribution in [1.29, 1.82) is 0 Å². The monoisotopic (exact) mass is 321 g/mol. The van der Waals surface area contributed by atoms with Gasteiger partial charge in [0, 0.05) is 17.6 Å². The molecule has 132 valence electrons. The highest BCUT2D eigenvalue weighted by molar-refractivity contribution is 5.10. The predicted octanol–water partition coefficient (Wildman–Crippen LogP) is 3.74. The summed E-state index contributed by atoms with van der Waals surface area (Å²) in [6, 6.07) is 0. The Balaban J connectivity index is 1.93. The maximum absolute atomic E-state index is 10.6. The largest absolute Gasteiger partial charge is 0.389 e. The zero-order valence-corrected chi connectivity index (χ0v) is 15.5. The number of piperidine rings is 1. The van der Waals surface area contributed by atoms with Crippen LogP contribution >= 0.6 is 0 Å². The fourth-order valence-electron chi connectivity index (χ4n) is 4.51. The second-order valence-corrected chi connectivity index (χ2v) is 8.75. The molecule has 0 bridgehead atoms. The van der Waals surface area contributed by atoms with Crippen LogP contribution in [-0.2, 0) is 4.74 Å². The molecule has 0 aromatic rings. The van der Waals surface area contributed by atoms with Gasteiger partial charge in [-0.3, -0.25) is 4.90 Å². The van der Waals surface area contributed by atoms with Gasteiger partial charge in [0.1, 0.15) is 5.60 Å². The van der Waals surface area contributed by atoms with Crippen molar-refractivity contribution in [3.05, 3.63) is 0 Å². The van der Waals surface area contributed by atoms with Crippen molar-refractivity contribution in [3.63, 3.8) is 0 Å². The maximum atomic E-state index is 10.6. The summed E-state index contributed by atoms with van der Waals surface area (Å²) >= 11 is 0. The molecule has 2 aliphatic rings. The van der Waals surface area contributed by atoms with Crippen LogP contribution in [-0.4, -0.2) is 45.9 Å². The highest BCUT2D eigenvalue weighted by Crippen LogP contribution is 2.38. The fraction of sp³-hybridized carbons (Fsp3) is 0.900. The van der Waals surface area contributed by atoms with E-state index >= 15 is 0 Å². The molecule has 3 nitrogen and oxygen atoms in total. The number of terminal acetylenes is 1. The number of ether oxygens (including phenoxy) is 1. The van der Waals surface area contributed by atoms with E-state index < -0.39 is 11.7 Å². The molecule has 2 rings (SSSR count). The van der Waals surface area contributed by atoms with Crippen molar-refractivity contribution < 1.29 is 9.84 Å². The van der Waals surface area contributed by atoms with Crippen molar-refractivity contribution in [3.8, 4) is 12.3 Å². The lowest BCUT2D eigenvalue weighted by Crippen LogP contribution is -2.60. The molecule has 0 aromatic carbocycles. The van der Waals surface area contributed by atoms with Crippen molar-refractivity contribution in [2.75, 3.05) is 13.2 Å². The van der Waals surface area contributed by atoms with Crippen LogP contribution in [0.25, 0.3) is 0 Å². The van der Waals surface area contributed by atoms with Gasteiger partial charge in [-0.15, -0.1) is 6.42 Å². The topological polar surface area (TPSA) is 32.7 Å². The zero-order valence-electron chi connectivity index (χ0n) is 15.5. The third-order valence-electron chi connectivity index (χ3n) is 5.91. The van der Waals surface area contributed by atoms with Crippen molar-refractivity contribution in [2.45, 2.75) is 102 Å². The molecule has 0 amide bonds. The average molecular weight is 322 g/mol. The average Bonchev–Trinajstić information content (AvgIpc) is 2.49. The van der Waals surface area contributed by atoms with Crippen LogP contribution in [0, 0.1) is 12.3 Å². The van der Waals surface area contributed by atoms with Gasteiger partial charge < -0.3 is 9.84 Å². The molecular weight excluding hydrogens is 286 g/mol. The Kier molecular flexibility index (Phi) is 5.82. The highest BCUT2D eigenvalue weighted by atomic mass is 16.5. The standard InChI is InChI=1S/C20H35NO2/c1-6-20(13-8-7-9-14-20)23-16-17(22)15-21-18(2,3)11-10-12-19(21,4)5/h1,17,22H,7-16H2,2-5H3/t17-/m0/s1. The first kappa shape index (κ1) is 18.8. The Morgan fingerprint density at radius 2 is 1.57 bits per heavy atom. The van der Waals surface area contributed by atoms with Gasteiger partial charge in [-0.2, -0.15) is 0 Å². The van der Waals surface area contributed by atoms with Gasteiger partial charge in [0.25, 0.3) is 0 Å². The van der Waals surface area contributed by atoms with Crippen LogP contribution in [0.2, 0.25) is 0 Å². The summed E-state index contributed by atoms with van der Waals surface area (Å²) in [5.41, 5.74) is -0.194. The van der Waals surface area contributed by atoms with Crippen molar-refractivity contribution in [2.24, 2.45) is 0 Å². The third-order valence-corrected chi connectivity index (χ3v) is 5.91. The SMILES string of the molecule is C#CC1(OC[C@@H](O)CN2C(C)(C)CCCC2(C)C)CCCCC1. The van der Waals surface area contributed by atoms with Gasteiger partial charge in [-0.25, -0.2) is 0 Å². The minimum absolute atomic E-state index is 0.122. The van der Waals surface area contributed by atoms with E-state index in [2.05, 4.69) is 38.5 Å². The number of likely N-dealkylation sites (tertiary alicyclic amines) is 1. The first-order chi connectivity index (χ1) is 10.7. The van der Waals surface area contributed by atoms with Crippen LogP contribution in [0.4, 0.5) is 0 Å². The molecule has 1 saturated carbocycles. The number of β-amino-alcohol motifs (C(OH)–C–C–N with tert-alkyl or cyclic N) is 1. The second-order valence-electron chi connectivity index (χ2n) is 8.75. The molecule has 1 saturated heterocycles. The van der Waals surface area contributed by atoms with Crippen molar-refractivity contribution >= 4 is 0 Å². The van der Waals surface area contributed by atoms with Gasteiger partial charge in [-0.1, -0.05) is 12.3 Å². The van der Waals surface area contributed by atoms with E-state index in [0.29, 0.717) is 13.2 Å². The molecular formula is C20H35NO2. The van der Waals surface area contributed by atoms with E-state index in [1.165, 1.54) is 25.7 Å². The fourth-order valence-corrected chi connectivity index (χ4v) is 4.51. The van der Waals surface area contributed by atoms with Crippen LogP contribution < -0.4 is 0 Å². The molecule has 23 heavy (non-hydrogen) atoms. The molecule has 1 atom stereocenters. The second kappa shape index (κ2) is 7.13. The Morgan fingerprint density at radius 1 is 1.00 bits per heavy atom. The molecule has 0 aromatic heterocycles. The molecule has 0 unspecified atom stereocenters. The maximum Gasteiger partial charge on any atom is 0.128 e. The Morgan fingerprint density at radius 3 is 2.09 bits per heavy atom. The van der Waals surface area contributed by atoms with Crippen LogP contribution in [0.15, 0.2) is 0 Å². The van der Waals surface area contributed by atoms with Gasteiger partial charge in [0.2, 0.25) is 0 Å². The molecule has 1 heterocycles. The predicted molar refractivity (Wildman–Crippen MR) is 95.3 cm³/mol. The number of hydrogen-bond donors (Lipinski definition) is 1. The van der Waals surface area contributed by atoms with E-state index in [0.717, 1.165) is 25.7 Å². The lowest BCUT2D eigenvalue weighted by Gasteiger charge is -2.53. The van der Waals surface area contributed by atoms with Crippen LogP contribution in [0.3, 0.4) is 0 Å². The lowest BCUT2D eigenvalue weighted by molar-refractivity contribution is -0.0979. The summed E-state index contributed by atoms with van der Waals surface area (Å²) in [6.45, 7) is 10.1. The quantitative estimate of drug-likeness (QED) is 0.783. The highest BCUT2D eigenvalue weighted by Gasteiger charge is 2.42. The van der Waals surface area contributed by atoms with Gasteiger partial charge in [0.05, 0.1) is 12.7 Å². The third kappa shape index (κ3) is 4.50. The minimum atomic E-state index is -0.487. The molecule has 1 N–H and O–H groups in total. The van der Waals surface area contributed by atoms with E-state index in [1.54, 1.807) is 0 Å². The van der Waals surface area contributed by atoms with E-state index in [4.69, 9.17) is 11.2 Å². The number of nitrogens with zero attached hydrogens (tertiary/aromatic N) is 1. The lowest BCUT2D eigenvalue weighted by atomic mass is 9.79. The number of rotatable bonds is 5. The van der Waals surface area contributed by atoms with Crippen molar-refractivity contribution in [1.82, 2.24) is 4.90 Å². The number of hydrogen-bond acceptors (Lipinski definition) is 3.